The van der Waals surface area contributed by atoms with Crippen LogP contribution in [0.5, 0.6) is 17.2 Å². The number of amides is 6. The van der Waals surface area contributed by atoms with Crippen molar-refractivity contribution in [2.75, 3.05) is 39.2 Å². The van der Waals surface area contributed by atoms with Gasteiger partial charge >= 0.3 is 5.97 Å². The Balaban J connectivity index is 0.958. The number of ether oxygens (including phenoxy) is 4. The molecule has 390 valence electrons. The number of ketones is 2. The van der Waals surface area contributed by atoms with Gasteiger partial charge in [-0.1, -0.05) is 58.0 Å². The second-order valence-corrected chi connectivity index (χ2v) is 19.2. The molecule has 3 N–H and O–H groups in total. The van der Waals surface area contributed by atoms with Crippen LogP contribution in [0.15, 0.2) is 72.9 Å². The predicted octanol–water partition coefficient (Wildman–Crippen LogP) is 6.74. The maximum Gasteiger partial charge on any atom is 0.329 e. The number of rotatable bonds is 25. The Morgan fingerprint density at radius 1 is 0.836 bits per heavy atom. The van der Waals surface area contributed by atoms with Gasteiger partial charge in [-0.25, -0.2) is 4.79 Å². The van der Waals surface area contributed by atoms with Crippen LogP contribution in [0.3, 0.4) is 0 Å². The number of carbonyl (C=O) groups excluding carboxylic acids is 9. The first kappa shape index (κ1) is 55.0. The Kier molecular flexibility index (Phi) is 19.1. The summed E-state index contributed by atoms with van der Waals surface area (Å²) in [6, 6.07) is 15.1. The minimum Gasteiger partial charge on any atom is -0.493 e. The lowest BCUT2D eigenvalue weighted by Gasteiger charge is -2.36. The number of Topliss-reactive ketones (excluding diaryl/α,β-unsaturated/α-hetero) is 2. The number of aryl methyl sites for hydroxylation is 1. The fraction of sp³-hybridized carbons (Fsp3) is 0.473. The van der Waals surface area contributed by atoms with E-state index in [0.717, 1.165) is 10.5 Å². The van der Waals surface area contributed by atoms with E-state index in [-0.39, 0.29) is 67.4 Å². The summed E-state index contributed by atoms with van der Waals surface area (Å²) in [6.07, 6.45) is 4.58. The maximum absolute atomic E-state index is 14.1. The topological polar surface area (TPSA) is 233 Å². The lowest BCUT2D eigenvalue weighted by Crippen LogP contribution is -2.53. The van der Waals surface area contributed by atoms with Gasteiger partial charge in [0, 0.05) is 49.2 Å². The molecule has 3 aliphatic heterocycles. The average molecular weight is 1010 g/mol. The summed E-state index contributed by atoms with van der Waals surface area (Å²) < 4.78 is 22.8. The van der Waals surface area contributed by atoms with E-state index >= 15 is 0 Å². The first-order valence-electron chi connectivity index (χ1n) is 25.0. The number of methoxy groups -OCH3 is 2. The van der Waals surface area contributed by atoms with Gasteiger partial charge in [0.05, 0.1) is 25.3 Å². The number of piperidine rings is 2. The highest BCUT2D eigenvalue weighted by Gasteiger charge is 2.46. The number of fused-ring (bicyclic) bond motifs is 1. The standard InChI is InChI=1S/C55H67N5O13/c1-7-55(3,4)49(64)53(68)59-30-12-10-19-41(59)54(69)73-42(25-22-35-23-26-43(70-5)45(31-35)71-6)36-15-13-16-37(32-36)58-47(63)28-27-46(62)56-29-11-8-9-17-38(61)33-72-44-20-14-18-39-48(44)52(67)60(51(39)66)40-24-21-34(2)57-50(40)65/h13-16,18,20,23,26,31-32,40-42H,2,7-12,17,19,21-22,24-25,27-30,33H2,1,3-6H3,(H,56,62)(H,57,65)(H,58,63)/t40?,41-,42+/m0/s1. The number of anilines is 1. The summed E-state index contributed by atoms with van der Waals surface area (Å²) in [7, 11) is 3.09. The molecule has 0 radical (unpaired) electrons. The van der Waals surface area contributed by atoms with Crippen LogP contribution in [0.2, 0.25) is 0 Å². The summed E-state index contributed by atoms with van der Waals surface area (Å²) in [5.41, 5.74) is 1.68. The fourth-order valence-corrected chi connectivity index (χ4v) is 8.97. The smallest absolute Gasteiger partial charge is 0.329 e. The first-order chi connectivity index (χ1) is 35.0. The fourth-order valence-electron chi connectivity index (χ4n) is 8.97. The Bertz CT molecular complexity index is 2610. The highest BCUT2D eigenvalue weighted by atomic mass is 16.5. The van der Waals surface area contributed by atoms with E-state index in [1.165, 1.54) is 17.0 Å². The summed E-state index contributed by atoms with van der Waals surface area (Å²) in [4.78, 5) is 121. The Hall–Kier alpha value is -7.37. The van der Waals surface area contributed by atoms with Crippen molar-refractivity contribution in [3.63, 3.8) is 0 Å². The van der Waals surface area contributed by atoms with Gasteiger partial charge in [-0.15, -0.1) is 0 Å². The molecule has 0 bridgehead atoms. The quantitative estimate of drug-likeness (QED) is 0.0346. The van der Waals surface area contributed by atoms with Gasteiger partial charge in [0.25, 0.3) is 17.7 Å². The molecule has 3 aliphatic rings. The third kappa shape index (κ3) is 14.0. The molecular formula is C55H67N5O13. The van der Waals surface area contributed by atoms with E-state index in [4.69, 9.17) is 18.9 Å². The second kappa shape index (κ2) is 25.3. The molecule has 2 fully saturated rings. The second-order valence-electron chi connectivity index (χ2n) is 19.2. The van der Waals surface area contributed by atoms with Gasteiger partial charge in [-0.2, -0.15) is 0 Å². The van der Waals surface area contributed by atoms with E-state index in [0.29, 0.717) is 99.2 Å². The van der Waals surface area contributed by atoms with Crippen LogP contribution in [-0.4, -0.2) is 109 Å². The largest absolute Gasteiger partial charge is 0.493 e. The number of nitrogens with zero attached hydrogens (tertiary/aromatic N) is 2. The zero-order chi connectivity index (χ0) is 52.8. The number of likely N-dealkylation sites (tertiary alicyclic amines) is 1. The van der Waals surface area contributed by atoms with Crippen molar-refractivity contribution in [2.45, 2.75) is 129 Å². The SMILES string of the molecule is C=C1CCC(N2C(=O)c3cccc(OCC(=O)CCCCCNC(=O)CCC(=O)Nc4cccc([C@@H](CCc5ccc(OC)c(OC)c5)OC(=O)[C@@H]5CCCCN5C(=O)C(=O)C(C)(C)CC)c4)c3C2=O)C(=O)N1. The van der Waals surface area contributed by atoms with E-state index in [1.807, 2.05) is 19.1 Å². The number of unbranched alkanes of at least 4 members (excludes halogenated alkanes) is 2. The van der Waals surface area contributed by atoms with Gasteiger partial charge in [0.2, 0.25) is 23.5 Å². The molecule has 6 rings (SSSR count). The van der Waals surface area contributed by atoms with Crippen molar-refractivity contribution in [1.82, 2.24) is 20.4 Å². The molecule has 0 aliphatic carbocycles. The summed E-state index contributed by atoms with van der Waals surface area (Å²) >= 11 is 0. The highest BCUT2D eigenvalue weighted by Crippen LogP contribution is 2.35. The normalized spacial score (nSPS) is 17.0. The van der Waals surface area contributed by atoms with Crippen LogP contribution >= 0.6 is 0 Å². The Labute approximate surface area is 425 Å². The molecule has 3 atom stereocenters. The molecule has 3 aromatic carbocycles. The first-order valence-corrected chi connectivity index (χ1v) is 25.0. The highest BCUT2D eigenvalue weighted by molar-refractivity contribution is 6.38. The summed E-state index contributed by atoms with van der Waals surface area (Å²) in [6.45, 7) is 9.31. The molecule has 0 spiro atoms. The third-order valence-corrected chi connectivity index (χ3v) is 13.6. The van der Waals surface area contributed by atoms with Crippen LogP contribution in [0, 0.1) is 5.41 Å². The maximum atomic E-state index is 14.1. The molecule has 1 unspecified atom stereocenters. The van der Waals surface area contributed by atoms with Crippen LogP contribution in [0.25, 0.3) is 0 Å². The van der Waals surface area contributed by atoms with Crippen molar-refractivity contribution in [1.29, 1.82) is 0 Å². The molecule has 73 heavy (non-hydrogen) atoms. The van der Waals surface area contributed by atoms with Crippen molar-refractivity contribution in [3.05, 3.63) is 95.2 Å². The molecular weight excluding hydrogens is 939 g/mol. The minimum absolute atomic E-state index is 0.0222. The van der Waals surface area contributed by atoms with Gasteiger partial charge < -0.3 is 39.8 Å². The Morgan fingerprint density at radius 2 is 1.59 bits per heavy atom. The molecule has 3 heterocycles. The van der Waals surface area contributed by atoms with Crippen LogP contribution in [0.1, 0.15) is 142 Å². The predicted molar refractivity (Wildman–Crippen MR) is 269 cm³/mol. The van der Waals surface area contributed by atoms with Crippen LogP contribution < -0.4 is 30.2 Å². The molecule has 6 amide bonds. The third-order valence-electron chi connectivity index (χ3n) is 13.6. The van der Waals surface area contributed by atoms with Crippen molar-refractivity contribution >= 4 is 58.7 Å². The molecule has 0 aromatic heterocycles. The summed E-state index contributed by atoms with van der Waals surface area (Å²) in [5, 5.41) is 8.25. The number of imide groups is 1. The van der Waals surface area contributed by atoms with E-state index < -0.39 is 64.9 Å². The van der Waals surface area contributed by atoms with Crippen molar-refractivity contribution in [2.24, 2.45) is 5.41 Å². The van der Waals surface area contributed by atoms with Crippen LogP contribution in [0.4, 0.5) is 5.69 Å². The number of hydrogen-bond acceptors (Lipinski definition) is 13. The molecule has 2 saturated heterocycles. The number of allylic oxidation sites excluding steroid dienone is 1. The zero-order valence-corrected chi connectivity index (χ0v) is 42.4. The lowest BCUT2D eigenvalue weighted by atomic mass is 9.84. The van der Waals surface area contributed by atoms with Gasteiger partial charge in [-0.05, 0) is 112 Å². The molecule has 18 heteroatoms. The van der Waals surface area contributed by atoms with E-state index in [9.17, 15) is 43.2 Å². The number of nitrogens with one attached hydrogen (secondary N) is 3. The van der Waals surface area contributed by atoms with Crippen molar-refractivity contribution < 1.29 is 62.1 Å². The number of carbonyl (C=O) groups is 9. The van der Waals surface area contributed by atoms with Gasteiger partial charge in [-0.3, -0.25) is 43.3 Å². The van der Waals surface area contributed by atoms with Gasteiger partial charge in [0.1, 0.15) is 30.5 Å². The number of esters is 1. The monoisotopic (exact) mass is 1010 g/mol. The Morgan fingerprint density at radius 3 is 2.33 bits per heavy atom. The van der Waals surface area contributed by atoms with Gasteiger partial charge in [0.15, 0.2) is 17.3 Å². The lowest BCUT2D eigenvalue weighted by molar-refractivity contribution is -0.164. The number of hydrogen-bond donors (Lipinski definition) is 3. The average Bonchev–Trinajstić information content (AvgIpc) is 3.64. The minimum atomic E-state index is -0.970. The molecule has 3 aromatic rings. The molecule has 18 nitrogen and oxygen atoms in total. The van der Waals surface area contributed by atoms with Crippen molar-refractivity contribution in [3.8, 4) is 17.2 Å². The molecule has 0 saturated carbocycles. The number of benzene rings is 3. The van der Waals surface area contributed by atoms with E-state index in [2.05, 4.69) is 22.5 Å². The summed E-state index contributed by atoms with van der Waals surface area (Å²) in [5.74, 6) is -3.32. The zero-order valence-electron chi connectivity index (χ0n) is 42.4. The van der Waals surface area contributed by atoms with E-state index in [1.54, 1.807) is 64.5 Å². The van der Waals surface area contributed by atoms with Crippen LogP contribution in [-0.2, 0) is 44.7 Å².